The standard InChI is InChI=1S/C17H22N2O5S/c1-2-3-10-18(16-9-11-25(23,24)13-16)17(20)8-7-14-5-4-6-15(12-14)19(21)22/h4-8,12,16H,2-3,9-11,13H2,1H3. The lowest BCUT2D eigenvalue weighted by Gasteiger charge is -2.27. The maximum Gasteiger partial charge on any atom is 0.270 e. The van der Waals surface area contributed by atoms with E-state index in [0.717, 1.165) is 12.8 Å². The third-order valence-corrected chi connectivity index (χ3v) is 5.93. The molecule has 0 spiro atoms. The van der Waals surface area contributed by atoms with E-state index < -0.39 is 14.8 Å². The highest BCUT2D eigenvalue weighted by Gasteiger charge is 2.33. The molecule has 0 aliphatic carbocycles. The molecule has 1 saturated heterocycles. The fraction of sp³-hybridized carbons (Fsp3) is 0.471. The number of benzene rings is 1. The number of hydrogen-bond acceptors (Lipinski definition) is 5. The minimum atomic E-state index is -3.07. The maximum absolute atomic E-state index is 12.5. The van der Waals surface area contributed by atoms with Crippen molar-refractivity contribution in [2.75, 3.05) is 18.1 Å². The maximum atomic E-state index is 12.5. The molecule has 0 bridgehead atoms. The number of carbonyl (C=O) groups excluding carboxylic acids is 1. The zero-order chi connectivity index (χ0) is 18.4. The predicted molar refractivity (Wildman–Crippen MR) is 95.8 cm³/mol. The first-order valence-corrected chi connectivity index (χ1v) is 10.1. The largest absolute Gasteiger partial charge is 0.335 e. The molecule has 0 radical (unpaired) electrons. The van der Waals surface area contributed by atoms with Crippen LogP contribution in [0.2, 0.25) is 0 Å². The molecule has 1 aliphatic heterocycles. The monoisotopic (exact) mass is 366 g/mol. The Bertz CT molecular complexity index is 773. The molecule has 136 valence electrons. The molecule has 1 amide bonds. The van der Waals surface area contributed by atoms with E-state index in [1.165, 1.54) is 24.3 Å². The van der Waals surface area contributed by atoms with Gasteiger partial charge in [0.15, 0.2) is 9.84 Å². The van der Waals surface area contributed by atoms with Gasteiger partial charge in [0.2, 0.25) is 5.91 Å². The van der Waals surface area contributed by atoms with Crippen LogP contribution >= 0.6 is 0 Å². The highest BCUT2D eigenvalue weighted by Crippen LogP contribution is 2.20. The Morgan fingerprint density at radius 1 is 1.44 bits per heavy atom. The molecular weight excluding hydrogens is 344 g/mol. The van der Waals surface area contributed by atoms with Gasteiger partial charge in [0, 0.05) is 30.8 Å². The van der Waals surface area contributed by atoms with E-state index in [4.69, 9.17) is 0 Å². The summed E-state index contributed by atoms with van der Waals surface area (Å²) >= 11 is 0. The van der Waals surface area contributed by atoms with Crippen molar-refractivity contribution in [2.45, 2.75) is 32.2 Å². The molecule has 0 N–H and O–H groups in total. The molecule has 0 saturated carbocycles. The highest BCUT2D eigenvalue weighted by atomic mass is 32.2. The van der Waals surface area contributed by atoms with Gasteiger partial charge in [-0.1, -0.05) is 25.5 Å². The summed E-state index contributed by atoms with van der Waals surface area (Å²) in [5.41, 5.74) is 0.511. The van der Waals surface area contributed by atoms with Crippen molar-refractivity contribution in [3.05, 3.63) is 46.0 Å². The summed E-state index contributed by atoms with van der Waals surface area (Å²) in [5.74, 6) is -0.142. The van der Waals surface area contributed by atoms with Crippen LogP contribution in [0, 0.1) is 10.1 Å². The number of non-ortho nitro benzene ring substituents is 1. The number of rotatable bonds is 7. The first kappa shape index (κ1) is 19.1. The van der Waals surface area contributed by atoms with Crippen molar-refractivity contribution in [3.63, 3.8) is 0 Å². The van der Waals surface area contributed by atoms with Gasteiger partial charge in [-0.25, -0.2) is 8.42 Å². The van der Waals surface area contributed by atoms with Crippen LogP contribution in [0.3, 0.4) is 0 Å². The molecule has 25 heavy (non-hydrogen) atoms. The smallest absolute Gasteiger partial charge is 0.270 e. The molecule has 1 aliphatic rings. The van der Waals surface area contributed by atoms with Gasteiger partial charge in [-0.3, -0.25) is 14.9 Å². The van der Waals surface area contributed by atoms with Crippen molar-refractivity contribution in [1.82, 2.24) is 4.90 Å². The van der Waals surface area contributed by atoms with Crippen LogP contribution in [0.1, 0.15) is 31.7 Å². The first-order valence-electron chi connectivity index (χ1n) is 8.26. The summed E-state index contributed by atoms with van der Waals surface area (Å²) in [6.07, 6.45) is 5.05. The fourth-order valence-corrected chi connectivity index (χ4v) is 4.56. The number of sulfone groups is 1. The Labute approximate surface area is 147 Å². The van der Waals surface area contributed by atoms with Gasteiger partial charge >= 0.3 is 0 Å². The van der Waals surface area contributed by atoms with E-state index in [1.807, 2.05) is 6.92 Å². The minimum Gasteiger partial charge on any atom is -0.335 e. The van der Waals surface area contributed by atoms with Gasteiger partial charge < -0.3 is 4.90 Å². The average molecular weight is 366 g/mol. The molecule has 1 heterocycles. The van der Waals surface area contributed by atoms with Crippen LogP contribution in [0.5, 0.6) is 0 Å². The number of amides is 1. The molecule has 1 atom stereocenters. The average Bonchev–Trinajstić information content (AvgIpc) is 2.93. The van der Waals surface area contributed by atoms with Crippen molar-refractivity contribution in [2.24, 2.45) is 0 Å². The summed E-state index contributed by atoms with van der Waals surface area (Å²) in [4.78, 5) is 24.5. The summed E-state index contributed by atoms with van der Waals surface area (Å²) in [7, 11) is -3.07. The number of nitro groups is 1. The Morgan fingerprint density at radius 2 is 2.20 bits per heavy atom. The summed E-state index contributed by atoms with van der Waals surface area (Å²) in [5, 5.41) is 10.8. The lowest BCUT2D eigenvalue weighted by atomic mass is 10.1. The molecule has 0 aromatic heterocycles. The number of nitro benzene ring substituents is 1. The zero-order valence-electron chi connectivity index (χ0n) is 14.1. The lowest BCUT2D eigenvalue weighted by Crippen LogP contribution is -2.40. The first-order chi connectivity index (χ1) is 11.8. The van der Waals surface area contributed by atoms with E-state index >= 15 is 0 Å². The van der Waals surface area contributed by atoms with Gasteiger partial charge in [0.05, 0.1) is 16.4 Å². The topological polar surface area (TPSA) is 97.6 Å². The van der Waals surface area contributed by atoms with E-state index in [0.29, 0.717) is 18.5 Å². The van der Waals surface area contributed by atoms with Crippen molar-refractivity contribution >= 4 is 27.5 Å². The zero-order valence-corrected chi connectivity index (χ0v) is 14.9. The third-order valence-electron chi connectivity index (χ3n) is 4.18. The summed E-state index contributed by atoms with van der Waals surface area (Å²) < 4.78 is 23.4. The molecule has 8 heteroatoms. The Morgan fingerprint density at radius 3 is 2.80 bits per heavy atom. The van der Waals surface area contributed by atoms with E-state index in [-0.39, 0.29) is 29.1 Å². The molecule has 1 aromatic carbocycles. The van der Waals surface area contributed by atoms with Crippen LogP contribution in [0.25, 0.3) is 6.08 Å². The number of nitrogens with zero attached hydrogens (tertiary/aromatic N) is 2. The van der Waals surface area contributed by atoms with Crippen molar-refractivity contribution in [3.8, 4) is 0 Å². The van der Waals surface area contributed by atoms with E-state index in [9.17, 15) is 23.3 Å². The summed E-state index contributed by atoms with van der Waals surface area (Å²) in [6, 6.07) is 5.71. The molecular formula is C17H22N2O5S. The SMILES string of the molecule is CCCCN(C(=O)C=Cc1cccc([N+](=O)[O-])c1)C1CCS(=O)(=O)C1. The van der Waals surface area contributed by atoms with Crippen LogP contribution in [-0.4, -0.2) is 48.2 Å². The van der Waals surface area contributed by atoms with Crippen LogP contribution < -0.4 is 0 Å². The van der Waals surface area contributed by atoms with Gasteiger partial charge in [-0.05, 0) is 24.5 Å². The van der Waals surface area contributed by atoms with Crippen LogP contribution in [-0.2, 0) is 14.6 Å². The molecule has 1 aromatic rings. The molecule has 1 fully saturated rings. The minimum absolute atomic E-state index is 0.00705. The van der Waals surface area contributed by atoms with E-state index in [1.54, 1.807) is 17.0 Å². The Kier molecular flexibility index (Phi) is 6.30. The van der Waals surface area contributed by atoms with Gasteiger partial charge in [-0.15, -0.1) is 0 Å². The second-order valence-electron chi connectivity index (χ2n) is 6.13. The van der Waals surface area contributed by atoms with Crippen LogP contribution in [0.4, 0.5) is 5.69 Å². The molecule has 1 unspecified atom stereocenters. The second-order valence-corrected chi connectivity index (χ2v) is 8.36. The lowest BCUT2D eigenvalue weighted by molar-refractivity contribution is -0.384. The third kappa shape index (κ3) is 5.38. The number of carbonyl (C=O) groups is 1. The highest BCUT2D eigenvalue weighted by molar-refractivity contribution is 7.91. The summed E-state index contributed by atoms with van der Waals surface area (Å²) in [6.45, 7) is 2.52. The van der Waals surface area contributed by atoms with Crippen LogP contribution in [0.15, 0.2) is 30.3 Å². The predicted octanol–water partition coefficient (Wildman–Crippen LogP) is 2.42. The fourth-order valence-electron chi connectivity index (χ4n) is 2.83. The van der Waals surface area contributed by atoms with Gasteiger partial charge in [-0.2, -0.15) is 0 Å². The molecule has 2 rings (SSSR count). The number of hydrogen-bond donors (Lipinski definition) is 0. The second kappa shape index (κ2) is 8.24. The van der Waals surface area contributed by atoms with Crippen molar-refractivity contribution < 1.29 is 18.1 Å². The van der Waals surface area contributed by atoms with Gasteiger partial charge in [0.1, 0.15) is 0 Å². The van der Waals surface area contributed by atoms with Crippen molar-refractivity contribution in [1.29, 1.82) is 0 Å². The Balaban J connectivity index is 2.13. The number of unbranched alkanes of at least 4 members (excludes halogenated alkanes) is 1. The van der Waals surface area contributed by atoms with Gasteiger partial charge in [0.25, 0.3) is 5.69 Å². The quantitative estimate of drug-likeness (QED) is 0.419. The van der Waals surface area contributed by atoms with E-state index in [2.05, 4.69) is 0 Å². The Hall–Kier alpha value is -2.22. The molecule has 7 nitrogen and oxygen atoms in total. The normalized spacial score (nSPS) is 19.2.